The van der Waals surface area contributed by atoms with Gasteiger partial charge in [0.2, 0.25) is 0 Å². The normalized spacial score (nSPS) is 13.7. The Balaban J connectivity index is 4.10. The number of quaternary nitrogens is 1. The summed E-state index contributed by atoms with van der Waals surface area (Å²) in [6.45, 7) is 4.15. The SMILES string of the molecule is CC/C=C\C/C=C\C/C=C\C/C=C\CCCCCCCCCCCCCCCCC(=O)OC(COC(=O)CCCCCCCCCCCCCCC/C=C\C/C=C\CCCCCCC)COP(=O)([O-])OCC[N+](C)(C)C. The molecule has 0 fully saturated rings. The Morgan fingerprint density at radius 1 is 0.421 bits per heavy atom. The molecule has 0 aliphatic carbocycles. The molecular formula is C66H120NO8P. The largest absolute Gasteiger partial charge is 0.756 e. The lowest BCUT2D eigenvalue weighted by molar-refractivity contribution is -0.870. The van der Waals surface area contributed by atoms with Crippen LogP contribution in [0.2, 0.25) is 0 Å². The van der Waals surface area contributed by atoms with Gasteiger partial charge in [0.25, 0.3) is 7.82 Å². The van der Waals surface area contributed by atoms with Gasteiger partial charge in [-0.1, -0.05) is 260 Å². The lowest BCUT2D eigenvalue weighted by Crippen LogP contribution is -2.37. The summed E-state index contributed by atoms with van der Waals surface area (Å²) in [5.74, 6) is -0.827. The zero-order chi connectivity index (χ0) is 55.6. The second kappa shape index (κ2) is 57.1. The summed E-state index contributed by atoms with van der Waals surface area (Å²) >= 11 is 0. The maximum absolute atomic E-state index is 12.8. The first-order valence-corrected chi connectivity index (χ1v) is 33.1. The highest BCUT2D eigenvalue weighted by Crippen LogP contribution is 2.38. The molecule has 0 aromatic rings. The lowest BCUT2D eigenvalue weighted by atomic mass is 10.0. The van der Waals surface area contributed by atoms with Crippen LogP contribution in [0.5, 0.6) is 0 Å². The maximum atomic E-state index is 12.8. The second-order valence-corrected chi connectivity index (χ2v) is 23.8. The number of carbonyl (C=O) groups is 2. The van der Waals surface area contributed by atoms with E-state index in [1.54, 1.807) is 0 Å². The molecule has 0 bridgehead atoms. The smallest absolute Gasteiger partial charge is 0.306 e. The highest BCUT2D eigenvalue weighted by atomic mass is 31.2. The molecule has 0 N–H and O–H groups in total. The third-order valence-corrected chi connectivity index (χ3v) is 14.7. The highest BCUT2D eigenvalue weighted by Gasteiger charge is 2.22. The van der Waals surface area contributed by atoms with Crippen LogP contribution in [0.15, 0.2) is 72.9 Å². The fourth-order valence-corrected chi connectivity index (χ4v) is 9.58. The lowest BCUT2D eigenvalue weighted by Gasteiger charge is -2.28. The van der Waals surface area contributed by atoms with E-state index in [1.165, 1.54) is 180 Å². The molecule has 0 aromatic carbocycles. The van der Waals surface area contributed by atoms with E-state index in [0.29, 0.717) is 17.4 Å². The van der Waals surface area contributed by atoms with Gasteiger partial charge < -0.3 is 27.9 Å². The topological polar surface area (TPSA) is 111 Å². The van der Waals surface area contributed by atoms with Crippen LogP contribution in [0, 0.1) is 0 Å². The first-order chi connectivity index (χ1) is 37.0. The van der Waals surface area contributed by atoms with Crippen molar-refractivity contribution < 1.29 is 42.1 Å². The number of esters is 2. The van der Waals surface area contributed by atoms with Gasteiger partial charge in [0.1, 0.15) is 19.8 Å². The molecule has 10 heteroatoms. The molecule has 442 valence electrons. The van der Waals surface area contributed by atoms with Gasteiger partial charge in [0, 0.05) is 12.8 Å². The number of phosphoric ester groups is 1. The van der Waals surface area contributed by atoms with E-state index >= 15 is 0 Å². The molecule has 0 aliphatic heterocycles. The first-order valence-electron chi connectivity index (χ1n) is 31.6. The zero-order valence-corrected chi connectivity index (χ0v) is 51.1. The average molecular weight is 1090 g/mol. The van der Waals surface area contributed by atoms with Crippen LogP contribution in [-0.2, 0) is 32.7 Å². The number of carbonyl (C=O) groups excluding carboxylic acids is 2. The number of unbranched alkanes of at least 4 members (excludes halogenated alkanes) is 32. The standard InChI is InChI=1S/C66H120NO8P/c1-6-8-10-12-14-16-18-20-22-24-26-28-30-32-33-35-37-39-41-43-45-47-49-51-53-55-57-59-66(69)75-64(63-74-76(70,71)73-61-60-67(3,4)5)62-72-65(68)58-56-54-52-50-48-46-44-42-40-38-36-34-31-29-27-25-23-21-19-17-15-13-11-9-7-2/h8,10,14,16,19-22,25-28,64H,6-7,9,11-13,15,17-18,23-24,29-63H2,1-5H3/b10-8-,16-14-,21-19-,22-20-,27-25-,28-26-. The van der Waals surface area contributed by atoms with Gasteiger partial charge in [0.05, 0.1) is 27.7 Å². The predicted molar refractivity (Wildman–Crippen MR) is 323 cm³/mol. The monoisotopic (exact) mass is 1090 g/mol. The zero-order valence-electron chi connectivity index (χ0n) is 50.2. The van der Waals surface area contributed by atoms with Crippen molar-refractivity contribution >= 4 is 19.8 Å². The van der Waals surface area contributed by atoms with Crippen molar-refractivity contribution in [1.29, 1.82) is 0 Å². The number of ether oxygens (including phenoxy) is 2. The van der Waals surface area contributed by atoms with Crippen molar-refractivity contribution in [1.82, 2.24) is 0 Å². The van der Waals surface area contributed by atoms with Crippen LogP contribution in [0.1, 0.15) is 284 Å². The van der Waals surface area contributed by atoms with Gasteiger partial charge in [-0.25, -0.2) is 0 Å². The van der Waals surface area contributed by atoms with Gasteiger partial charge in [0.15, 0.2) is 6.10 Å². The van der Waals surface area contributed by atoms with Crippen molar-refractivity contribution in [3.05, 3.63) is 72.9 Å². The molecule has 2 unspecified atom stereocenters. The number of rotatable bonds is 58. The molecule has 0 radical (unpaired) electrons. The molecule has 0 spiro atoms. The second-order valence-electron chi connectivity index (χ2n) is 22.4. The highest BCUT2D eigenvalue weighted by molar-refractivity contribution is 7.45. The summed E-state index contributed by atoms with van der Waals surface area (Å²) < 4.78 is 34.3. The van der Waals surface area contributed by atoms with Crippen LogP contribution in [0.4, 0.5) is 0 Å². The van der Waals surface area contributed by atoms with Crippen LogP contribution in [-0.4, -0.2) is 70.0 Å². The Kier molecular flexibility index (Phi) is 55.2. The van der Waals surface area contributed by atoms with Crippen LogP contribution in [0.25, 0.3) is 0 Å². The molecule has 0 rings (SSSR count). The molecular weight excluding hydrogens is 966 g/mol. The van der Waals surface area contributed by atoms with E-state index in [-0.39, 0.29) is 32.0 Å². The van der Waals surface area contributed by atoms with Gasteiger partial charge in [-0.05, 0) is 83.5 Å². The number of nitrogens with zero attached hydrogens (tertiary/aromatic N) is 1. The summed E-state index contributed by atoms with van der Waals surface area (Å²) in [6, 6.07) is 0. The molecule has 0 amide bonds. The Morgan fingerprint density at radius 2 is 0.750 bits per heavy atom. The first kappa shape index (κ1) is 73.5. The summed E-state index contributed by atoms with van der Waals surface area (Å²) in [5.41, 5.74) is 0. The van der Waals surface area contributed by atoms with Crippen LogP contribution in [0.3, 0.4) is 0 Å². The number of hydrogen-bond acceptors (Lipinski definition) is 8. The minimum Gasteiger partial charge on any atom is -0.756 e. The fourth-order valence-electron chi connectivity index (χ4n) is 8.86. The Bertz CT molecular complexity index is 1510. The van der Waals surface area contributed by atoms with Gasteiger partial charge in [-0.15, -0.1) is 0 Å². The molecule has 0 aromatic heterocycles. The number of allylic oxidation sites excluding steroid dienone is 12. The maximum Gasteiger partial charge on any atom is 0.306 e. The van der Waals surface area contributed by atoms with Gasteiger partial charge in [-0.2, -0.15) is 0 Å². The van der Waals surface area contributed by atoms with E-state index in [2.05, 4.69) is 86.8 Å². The van der Waals surface area contributed by atoms with Crippen molar-refractivity contribution in [2.75, 3.05) is 47.5 Å². The van der Waals surface area contributed by atoms with Crippen LogP contribution < -0.4 is 4.89 Å². The van der Waals surface area contributed by atoms with Crippen molar-refractivity contribution in [2.24, 2.45) is 0 Å². The van der Waals surface area contributed by atoms with Crippen LogP contribution >= 0.6 is 7.82 Å². The summed E-state index contributed by atoms with van der Waals surface area (Å²) in [6.07, 6.45) is 75.3. The summed E-state index contributed by atoms with van der Waals surface area (Å²) in [5, 5.41) is 0. The minimum absolute atomic E-state index is 0.0322. The molecule has 0 saturated heterocycles. The number of likely N-dealkylation sites (N-methyl/N-ethyl adjacent to an activating group) is 1. The van der Waals surface area contributed by atoms with E-state index < -0.39 is 26.5 Å². The quantitative estimate of drug-likeness (QED) is 0.0195. The Morgan fingerprint density at radius 3 is 1.12 bits per heavy atom. The third-order valence-electron chi connectivity index (χ3n) is 13.7. The minimum atomic E-state index is -4.64. The molecule has 0 saturated carbocycles. The predicted octanol–water partition coefficient (Wildman–Crippen LogP) is 19.4. The van der Waals surface area contributed by atoms with Gasteiger partial charge in [-0.3, -0.25) is 14.2 Å². The summed E-state index contributed by atoms with van der Waals surface area (Å²) in [7, 11) is 1.17. The molecule has 9 nitrogen and oxygen atoms in total. The number of phosphoric acid groups is 1. The average Bonchev–Trinajstić information content (AvgIpc) is 3.38. The molecule has 2 atom stereocenters. The van der Waals surface area contributed by atoms with E-state index in [9.17, 15) is 19.0 Å². The van der Waals surface area contributed by atoms with Crippen molar-refractivity contribution in [2.45, 2.75) is 290 Å². The van der Waals surface area contributed by atoms with E-state index in [1.807, 2.05) is 21.1 Å². The molecule has 0 heterocycles. The van der Waals surface area contributed by atoms with Crippen molar-refractivity contribution in [3.8, 4) is 0 Å². The van der Waals surface area contributed by atoms with E-state index in [0.717, 1.165) is 70.6 Å². The fraction of sp³-hybridized carbons (Fsp3) is 0.788. The Labute approximate surface area is 469 Å². The summed E-state index contributed by atoms with van der Waals surface area (Å²) in [4.78, 5) is 38.0. The molecule has 76 heavy (non-hydrogen) atoms. The van der Waals surface area contributed by atoms with E-state index in [4.69, 9.17) is 18.5 Å². The number of hydrogen-bond donors (Lipinski definition) is 0. The Hall–Kier alpha value is -2.55. The third kappa shape index (κ3) is 60.7. The molecule has 0 aliphatic rings. The van der Waals surface area contributed by atoms with Gasteiger partial charge >= 0.3 is 11.9 Å². The van der Waals surface area contributed by atoms with Crippen molar-refractivity contribution in [3.63, 3.8) is 0 Å².